The molecule has 5 nitrogen and oxygen atoms in total. The van der Waals surface area contributed by atoms with Crippen molar-refractivity contribution in [1.29, 1.82) is 0 Å². The van der Waals surface area contributed by atoms with Gasteiger partial charge < -0.3 is 16.2 Å². The Morgan fingerprint density at radius 3 is 2.40 bits per heavy atom. The van der Waals surface area contributed by atoms with E-state index in [1.54, 1.807) is 7.11 Å². The Labute approximate surface area is 120 Å². The van der Waals surface area contributed by atoms with E-state index >= 15 is 0 Å². The average Bonchev–Trinajstić information content (AvgIpc) is 2.43. The minimum absolute atomic E-state index is 0.246. The maximum absolute atomic E-state index is 11.9. The molecule has 0 fully saturated rings. The molecule has 4 N–H and O–H groups in total. The Hall–Kier alpha value is -1.43. The third kappa shape index (κ3) is 4.03. The molecule has 1 amide bonds. The third-order valence-corrected chi connectivity index (χ3v) is 3.49. The molecule has 0 saturated heterocycles. The van der Waals surface area contributed by atoms with E-state index in [9.17, 15) is 4.79 Å². The highest BCUT2D eigenvalue weighted by molar-refractivity contribution is 5.86. The molecule has 0 aliphatic carbocycles. The summed E-state index contributed by atoms with van der Waals surface area (Å²) >= 11 is 0. The molecule has 1 atom stereocenters. The number of benzene rings is 1. The largest absolute Gasteiger partial charge is 0.383 e. The Morgan fingerprint density at radius 1 is 1.35 bits per heavy atom. The van der Waals surface area contributed by atoms with Crippen LogP contribution in [0.25, 0.3) is 0 Å². The number of carbonyl (C=O) groups is 1. The Balaban J connectivity index is 2.98. The first-order chi connectivity index (χ1) is 9.41. The Bertz CT molecular complexity index is 422. The van der Waals surface area contributed by atoms with Crippen molar-refractivity contribution in [3.8, 4) is 0 Å². The lowest BCUT2D eigenvalue weighted by molar-refractivity contribution is -0.124. The second kappa shape index (κ2) is 7.38. The van der Waals surface area contributed by atoms with Gasteiger partial charge in [-0.15, -0.1) is 0 Å². The van der Waals surface area contributed by atoms with E-state index in [4.69, 9.17) is 16.2 Å². The fourth-order valence-corrected chi connectivity index (χ4v) is 2.10. The predicted octanol–water partition coefficient (Wildman–Crippen LogP) is 0.683. The van der Waals surface area contributed by atoms with Gasteiger partial charge in [-0.05, 0) is 19.4 Å². The predicted molar refractivity (Wildman–Crippen MR) is 80.1 cm³/mol. The maximum atomic E-state index is 11.9. The first-order valence-electron chi connectivity index (χ1n) is 6.79. The van der Waals surface area contributed by atoms with Crippen LogP contribution < -0.4 is 11.5 Å². The van der Waals surface area contributed by atoms with Crippen molar-refractivity contribution in [1.82, 2.24) is 4.90 Å². The number of ether oxygens (including phenoxy) is 1. The highest BCUT2D eigenvalue weighted by Gasteiger charge is 2.36. The quantitative estimate of drug-likeness (QED) is 0.733. The third-order valence-electron chi connectivity index (χ3n) is 3.49. The van der Waals surface area contributed by atoms with E-state index in [1.165, 1.54) is 0 Å². The van der Waals surface area contributed by atoms with Crippen LogP contribution in [0, 0.1) is 0 Å². The van der Waals surface area contributed by atoms with E-state index in [0.717, 1.165) is 5.56 Å². The van der Waals surface area contributed by atoms with Gasteiger partial charge in [-0.25, -0.2) is 0 Å². The average molecular weight is 279 g/mol. The summed E-state index contributed by atoms with van der Waals surface area (Å²) in [5.74, 6) is -0.522. The maximum Gasteiger partial charge on any atom is 0.243 e. The van der Waals surface area contributed by atoms with Crippen molar-refractivity contribution in [2.45, 2.75) is 25.4 Å². The van der Waals surface area contributed by atoms with Gasteiger partial charge in [0, 0.05) is 26.2 Å². The molecule has 0 aliphatic heterocycles. The zero-order chi connectivity index (χ0) is 15.2. The number of hydrogen-bond donors (Lipinski definition) is 2. The number of amides is 1. The van der Waals surface area contributed by atoms with Crippen molar-refractivity contribution in [3.05, 3.63) is 35.9 Å². The van der Waals surface area contributed by atoms with Crippen LogP contribution >= 0.6 is 0 Å². The summed E-state index contributed by atoms with van der Waals surface area (Å²) in [5.41, 5.74) is 11.4. The zero-order valence-corrected chi connectivity index (χ0v) is 12.5. The molecule has 1 rings (SSSR count). The van der Waals surface area contributed by atoms with Gasteiger partial charge in [-0.1, -0.05) is 30.3 Å². The number of nitrogens with two attached hydrogens (primary N) is 2. The molecular formula is C15H25N3O2. The standard InChI is InChI=1S/C15H25N3O2/c1-12(2)18(9-10-20-3)11-15(17,14(16)19)13-7-5-4-6-8-13/h4-8,12H,9-11,17H2,1-3H3,(H2,16,19). The highest BCUT2D eigenvalue weighted by Crippen LogP contribution is 2.20. The molecule has 0 spiro atoms. The monoisotopic (exact) mass is 279 g/mol. The smallest absolute Gasteiger partial charge is 0.243 e. The van der Waals surface area contributed by atoms with Gasteiger partial charge in [0.2, 0.25) is 5.91 Å². The first-order valence-corrected chi connectivity index (χ1v) is 6.79. The van der Waals surface area contributed by atoms with Crippen LogP contribution in [0.1, 0.15) is 19.4 Å². The van der Waals surface area contributed by atoms with E-state index in [-0.39, 0.29) is 6.04 Å². The van der Waals surface area contributed by atoms with Crippen LogP contribution in [-0.4, -0.2) is 43.7 Å². The van der Waals surface area contributed by atoms with Gasteiger partial charge in [-0.3, -0.25) is 9.69 Å². The number of carbonyl (C=O) groups excluding carboxylic acids is 1. The van der Waals surface area contributed by atoms with Crippen LogP contribution in [0.3, 0.4) is 0 Å². The molecule has 20 heavy (non-hydrogen) atoms. The highest BCUT2D eigenvalue weighted by atomic mass is 16.5. The van der Waals surface area contributed by atoms with Gasteiger partial charge in [0.15, 0.2) is 0 Å². The van der Waals surface area contributed by atoms with Crippen molar-refractivity contribution in [2.24, 2.45) is 11.5 Å². The van der Waals surface area contributed by atoms with Crippen LogP contribution in [-0.2, 0) is 15.1 Å². The summed E-state index contributed by atoms with van der Waals surface area (Å²) in [6, 6.07) is 9.51. The second-order valence-corrected chi connectivity index (χ2v) is 5.26. The van der Waals surface area contributed by atoms with Crippen molar-refractivity contribution >= 4 is 5.91 Å². The minimum Gasteiger partial charge on any atom is -0.383 e. The summed E-state index contributed by atoms with van der Waals surface area (Å²) in [7, 11) is 1.65. The lowest BCUT2D eigenvalue weighted by Gasteiger charge is -2.35. The molecule has 1 unspecified atom stereocenters. The summed E-state index contributed by atoms with van der Waals surface area (Å²) < 4.78 is 5.10. The molecule has 0 bridgehead atoms. The molecule has 0 aromatic heterocycles. The zero-order valence-electron chi connectivity index (χ0n) is 12.5. The fraction of sp³-hybridized carbons (Fsp3) is 0.533. The molecular weight excluding hydrogens is 254 g/mol. The van der Waals surface area contributed by atoms with Crippen molar-refractivity contribution in [2.75, 3.05) is 26.8 Å². The van der Waals surface area contributed by atoms with E-state index in [2.05, 4.69) is 18.7 Å². The number of rotatable bonds is 8. The van der Waals surface area contributed by atoms with Gasteiger partial charge in [0.05, 0.1) is 6.61 Å². The Morgan fingerprint density at radius 2 is 1.95 bits per heavy atom. The summed E-state index contributed by atoms with van der Waals surface area (Å²) in [6.07, 6.45) is 0. The molecule has 112 valence electrons. The van der Waals surface area contributed by atoms with Gasteiger partial charge in [0.1, 0.15) is 5.54 Å². The van der Waals surface area contributed by atoms with Crippen LogP contribution in [0.5, 0.6) is 0 Å². The van der Waals surface area contributed by atoms with Crippen LogP contribution in [0.2, 0.25) is 0 Å². The lowest BCUT2D eigenvalue weighted by Crippen LogP contribution is -2.57. The van der Waals surface area contributed by atoms with Gasteiger partial charge >= 0.3 is 0 Å². The molecule has 5 heteroatoms. The molecule has 0 radical (unpaired) electrons. The van der Waals surface area contributed by atoms with Crippen LogP contribution in [0.15, 0.2) is 30.3 Å². The summed E-state index contributed by atoms with van der Waals surface area (Å²) in [6.45, 7) is 5.77. The number of nitrogens with zero attached hydrogens (tertiary/aromatic N) is 1. The Kier molecular flexibility index (Phi) is 6.13. The second-order valence-electron chi connectivity index (χ2n) is 5.26. The van der Waals surface area contributed by atoms with E-state index < -0.39 is 11.4 Å². The molecule has 1 aromatic carbocycles. The minimum atomic E-state index is -1.20. The molecule has 0 aliphatic rings. The number of methoxy groups -OCH3 is 1. The fourth-order valence-electron chi connectivity index (χ4n) is 2.10. The van der Waals surface area contributed by atoms with E-state index in [1.807, 2.05) is 30.3 Å². The van der Waals surface area contributed by atoms with Gasteiger partial charge in [0.25, 0.3) is 0 Å². The molecule has 0 heterocycles. The van der Waals surface area contributed by atoms with Gasteiger partial charge in [-0.2, -0.15) is 0 Å². The lowest BCUT2D eigenvalue weighted by atomic mass is 9.89. The van der Waals surface area contributed by atoms with Crippen molar-refractivity contribution in [3.63, 3.8) is 0 Å². The number of primary amides is 1. The number of hydrogen-bond acceptors (Lipinski definition) is 4. The van der Waals surface area contributed by atoms with E-state index in [0.29, 0.717) is 19.7 Å². The topological polar surface area (TPSA) is 81.6 Å². The SMILES string of the molecule is COCCN(CC(N)(C(N)=O)c1ccccc1)C(C)C. The first kappa shape index (κ1) is 16.6. The molecule has 0 saturated carbocycles. The summed E-state index contributed by atoms with van der Waals surface area (Å²) in [4.78, 5) is 14.0. The molecule has 1 aromatic rings. The van der Waals surface area contributed by atoms with Crippen LogP contribution in [0.4, 0.5) is 0 Å². The van der Waals surface area contributed by atoms with Crippen molar-refractivity contribution < 1.29 is 9.53 Å². The summed E-state index contributed by atoms with van der Waals surface area (Å²) in [5, 5.41) is 0. The normalized spacial score (nSPS) is 14.5.